The number of fused-ring (bicyclic) bond motifs is 1. The van der Waals surface area contributed by atoms with Crippen LogP contribution in [0.3, 0.4) is 0 Å². The van der Waals surface area contributed by atoms with Crippen LogP contribution in [0.25, 0.3) is 5.65 Å². The minimum atomic E-state index is -0.0840. The molecule has 124 valence electrons. The highest BCUT2D eigenvalue weighted by molar-refractivity contribution is 5.50. The van der Waals surface area contributed by atoms with Crippen LogP contribution in [-0.2, 0) is 0 Å². The van der Waals surface area contributed by atoms with Gasteiger partial charge in [-0.15, -0.1) is 0 Å². The third-order valence-corrected chi connectivity index (χ3v) is 5.27. The van der Waals surface area contributed by atoms with Crippen LogP contribution in [0, 0.1) is 6.92 Å². The van der Waals surface area contributed by atoms with Crippen LogP contribution >= 0.6 is 0 Å². The zero-order chi connectivity index (χ0) is 15.8. The number of piperidine rings is 2. The molecular weight excluding hydrogens is 290 g/mol. The summed E-state index contributed by atoms with van der Waals surface area (Å²) < 4.78 is 1.95. The van der Waals surface area contributed by atoms with Crippen molar-refractivity contribution < 1.29 is 5.11 Å². The lowest BCUT2D eigenvalue weighted by Crippen LogP contribution is -2.48. The summed E-state index contributed by atoms with van der Waals surface area (Å²) in [5.41, 5.74) is 1.97. The third-order valence-electron chi connectivity index (χ3n) is 5.27. The average molecular weight is 315 g/mol. The summed E-state index contributed by atoms with van der Waals surface area (Å²) >= 11 is 0. The van der Waals surface area contributed by atoms with Crippen molar-refractivity contribution in [3.8, 4) is 0 Å². The Morgan fingerprint density at radius 1 is 1.09 bits per heavy atom. The molecule has 2 aliphatic heterocycles. The highest BCUT2D eigenvalue weighted by atomic mass is 16.3. The zero-order valence-corrected chi connectivity index (χ0v) is 13.7. The van der Waals surface area contributed by atoms with E-state index in [0.717, 1.165) is 56.2 Å². The van der Waals surface area contributed by atoms with Gasteiger partial charge in [-0.1, -0.05) is 0 Å². The number of anilines is 1. The molecule has 4 heterocycles. The Balaban J connectivity index is 1.45. The Morgan fingerprint density at radius 3 is 2.57 bits per heavy atom. The van der Waals surface area contributed by atoms with Gasteiger partial charge in [0.2, 0.25) is 0 Å². The second kappa shape index (κ2) is 6.09. The largest absolute Gasteiger partial charge is 0.393 e. The van der Waals surface area contributed by atoms with E-state index in [0.29, 0.717) is 6.04 Å². The molecule has 2 saturated heterocycles. The topological polar surface area (TPSA) is 56.9 Å². The van der Waals surface area contributed by atoms with Crippen LogP contribution in [0.2, 0.25) is 0 Å². The Hall–Kier alpha value is -1.66. The van der Waals surface area contributed by atoms with Crippen molar-refractivity contribution in [2.24, 2.45) is 0 Å². The normalized spacial score (nSPS) is 22.1. The minimum Gasteiger partial charge on any atom is -0.393 e. The molecule has 0 unspecified atom stereocenters. The summed E-state index contributed by atoms with van der Waals surface area (Å²) in [7, 11) is 0. The second-order valence-corrected chi connectivity index (χ2v) is 6.84. The number of likely N-dealkylation sites (tertiary alicyclic amines) is 1. The van der Waals surface area contributed by atoms with Crippen molar-refractivity contribution >= 4 is 11.5 Å². The first-order valence-electron chi connectivity index (χ1n) is 8.69. The first-order valence-corrected chi connectivity index (χ1v) is 8.69. The lowest BCUT2D eigenvalue weighted by atomic mass is 9.99. The summed E-state index contributed by atoms with van der Waals surface area (Å²) in [5, 5.41) is 14.1. The van der Waals surface area contributed by atoms with Gasteiger partial charge in [-0.3, -0.25) is 0 Å². The van der Waals surface area contributed by atoms with E-state index in [1.54, 1.807) is 0 Å². The summed E-state index contributed by atoms with van der Waals surface area (Å²) in [4.78, 5) is 9.54. The van der Waals surface area contributed by atoms with Crippen molar-refractivity contribution in [3.05, 3.63) is 24.0 Å². The van der Waals surface area contributed by atoms with Crippen LogP contribution < -0.4 is 4.90 Å². The highest BCUT2D eigenvalue weighted by Gasteiger charge is 2.28. The quantitative estimate of drug-likeness (QED) is 0.909. The van der Waals surface area contributed by atoms with Gasteiger partial charge in [0.05, 0.1) is 12.3 Å². The second-order valence-electron chi connectivity index (χ2n) is 6.84. The number of nitrogens with zero attached hydrogens (tertiary/aromatic N) is 5. The minimum absolute atomic E-state index is 0.0840. The molecule has 2 aromatic rings. The Kier molecular flexibility index (Phi) is 3.95. The fourth-order valence-electron chi connectivity index (χ4n) is 3.95. The van der Waals surface area contributed by atoms with Crippen LogP contribution in [0.1, 0.15) is 31.4 Å². The Bertz CT molecular complexity index is 669. The number of aryl methyl sites for hydroxylation is 1. The maximum absolute atomic E-state index is 9.67. The monoisotopic (exact) mass is 315 g/mol. The molecule has 2 aromatic heterocycles. The molecule has 6 nitrogen and oxygen atoms in total. The van der Waals surface area contributed by atoms with Gasteiger partial charge in [0.1, 0.15) is 5.82 Å². The summed E-state index contributed by atoms with van der Waals surface area (Å²) in [6.45, 7) is 6.25. The van der Waals surface area contributed by atoms with E-state index in [1.807, 2.05) is 23.7 Å². The molecule has 0 spiro atoms. The SMILES string of the molecule is Cc1cc(N2CCC(N3CCC(O)CC3)CC2)n2nccc2n1. The molecule has 0 amide bonds. The van der Waals surface area contributed by atoms with Crippen LogP contribution in [0.15, 0.2) is 18.3 Å². The molecule has 23 heavy (non-hydrogen) atoms. The van der Waals surface area contributed by atoms with E-state index in [1.165, 1.54) is 12.8 Å². The molecule has 0 aromatic carbocycles. The number of hydrogen-bond acceptors (Lipinski definition) is 5. The Morgan fingerprint density at radius 2 is 1.83 bits per heavy atom. The molecule has 0 aliphatic carbocycles. The van der Waals surface area contributed by atoms with E-state index in [-0.39, 0.29) is 6.10 Å². The van der Waals surface area contributed by atoms with Gasteiger partial charge < -0.3 is 14.9 Å². The van der Waals surface area contributed by atoms with Gasteiger partial charge >= 0.3 is 0 Å². The van der Waals surface area contributed by atoms with E-state index in [2.05, 4.69) is 25.9 Å². The van der Waals surface area contributed by atoms with Gasteiger partial charge in [-0.2, -0.15) is 9.61 Å². The van der Waals surface area contributed by atoms with E-state index < -0.39 is 0 Å². The molecular formula is C17H25N5O. The number of aliphatic hydroxyl groups is 1. The Labute approximate surface area is 136 Å². The van der Waals surface area contributed by atoms with Gasteiger partial charge in [-0.05, 0) is 32.6 Å². The van der Waals surface area contributed by atoms with Crippen molar-refractivity contribution in [3.63, 3.8) is 0 Å². The van der Waals surface area contributed by atoms with E-state index in [9.17, 15) is 5.11 Å². The smallest absolute Gasteiger partial charge is 0.157 e. The van der Waals surface area contributed by atoms with Crippen molar-refractivity contribution in [2.45, 2.75) is 44.8 Å². The van der Waals surface area contributed by atoms with E-state index in [4.69, 9.17) is 0 Å². The molecule has 0 bridgehead atoms. The van der Waals surface area contributed by atoms with Crippen molar-refractivity contribution in [1.29, 1.82) is 0 Å². The molecule has 6 heteroatoms. The fourth-order valence-corrected chi connectivity index (χ4v) is 3.95. The standard InChI is InChI=1S/C17H25N5O/c1-13-12-17(22-16(19-13)2-7-18-22)21-8-3-14(4-9-21)20-10-5-15(23)6-11-20/h2,7,12,14-15,23H,3-6,8-11H2,1H3. The first kappa shape index (κ1) is 14.9. The number of aromatic nitrogens is 3. The summed E-state index contributed by atoms with van der Waals surface area (Å²) in [6.07, 6.45) is 5.95. The molecule has 1 N–H and O–H groups in total. The summed E-state index contributed by atoms with van der Waals surface area (Å²) in [5.74, 6) is 1.16. The van der Waals surface area contributed by atoms with Crippen molar-refractivity contribution in [1.82, 2.24) is 19.5 Å². The molecule has 4 rings (SSSR count). The molecule has 0 atom stereocenters. The van der Waals surface area contributed by atoms with Gasteiger partial charge in [0, 0.05) is 50.0 Å². The van der Waals surface area contributed by atoms with Crippen LogP contribution in [-0.4, -0.2) is 62.9 Å². The molecule has 0 saturated carbocycles. The van der Waals surface area contributed by atoms with Gasteiger partial charge in [-0.25, -0.2) is 4.98 Å². The predicted octanol–water partition coefficient (Wildman–Crippen LogP) is 1.46. The maximum atomic E-state index is 9.67. The van der Waals surface area contributed by atoms with E-state index >= 15 is 0 Å². The first-order chi connectivity index (χ1) is 11.2. The number of aliphatic hydroxyl groups excluding tert-OH is 1. The summed E-state index contributed by atoms with van der Waals surface area (Å²) in [6, 6.07) is 4.76. The number of hydrogen-bond donors (Lipinski definition) is 1. The lowest BCUT2D eigenvalue weighted by molar-refractivity contribution is 0.0541. The van der Waals surface area contributed by atoms with Crippen LogP contribution in [0.4, 0.5) is 5.82 Å². The van der Waals surface area contributed by atoms with Gasteiger partial charge in [0.25, 0.3) is 0 Å². The van der Waals surface area contributed by atoms with Crippen molar-refractivity contribution in [2.75, 3.05) is 31.1 Å². The molecule has 2 aliphatic rings. The molecule has 2 fully saturated rings. The molecule has 0 radical (unpaired) electrons. The predicted molar refractivity (Wildman–Crippen MR) is 89.8 cm³/mol. The lowest BCUT2D eigenvalue weighted by Gasteiger charge is -2.41. The number of rotatable bonds is 2. The van der Waals surface area contributed by atoms with Gasteiger partial charge in [0.15, 0.2) is 5.65 Å². The fraction of sp³-hybridized carbons (Fsp3) is 0.647. The van der Waals surface area contributed by atoms with Crippen LogP contribution in [0.5, 0.6) is 0 Å². The highest BCUT2D eigenvalue weighted by Crippen LogP contribution is 2.25. The average Bonchev–Trinajstić information content (AvgIpc) is 3.03. The third kappa shape index (κ3) is 2.93. The maximum Gasteiger partial charge on any atom is 0.157 e. The zero-order valence-electron chi connectivity index (χ0n) is 13.7.